The average molecular weight is 224 g/mol. The van der Waals surface area contributed by atoms with Crippen molar-refractivity contribution in [2.75, 3.05) is 26.0 Å². The van der Waals surface area contributed by atoms with Gasteiger partial charge in [-0.3, -0.25) is 0 Å². The molecule has 6 heteroatoms. The Labute approximate surface area is 86.1 Å². The molecule has 86 valence electrons. The Hall–Kier alpha value is -0.170. The zero-order chi connectivity index (χ0) is 11.0. The minimum Gasteiger partial charge on any atom is -0.383 e. The van der Waals surface area contributed by atoms with E-state index in [0.717, 1.165) is 12.8 Å². The molecule has 0 radical (unpaired) electrons. The molecule has 1 unspecified atom stereocenters. The molecule has 3 N–H and O–H groups in total. The van der Waals surface area contributed by atoms with Crippen LogP contribution in [0.2, 0.25) is 0 Å². The van der Waals surface area contributed by atoms with Gasteiger partial charge in [-0.05, 0) is 6.42 Å². The van der Waals surface area contributed by atoms with E-state index in [9.17, 15) is 8.42 Å². The molecule has 0 aromatic heterocycles. The second-order valence-electron chi connectivity index (χ2n) is 3.17. The fraction of sp³-hybridized carbons (Fsp3) is 1.00. The van der Waals surface area contributed by atoms with Crippen LogP contribution in [-0.2, 0) is 14.8 Å². The molecule has 0 aliphatic carbocycles. The van der Waals surface area contributed by atoms with Crippen molar-refractivity contribution in [2.24, 2.45) is 5.73 Å². The number of hydrogen-bond acceptors (Lipinski definition) is 4. The van der Waals surface area contributed by atoms with Gasteiger partial charge in [0.05, 0.1) is 12.4 Å². The lowest BCUT2D eigenvalue weighted by Crippen LogP contribution is -2.40. The largest absolute Gasteiger partial charge is 0.383 e. The molecule has 0 aliphatic heterocycles. The van der Waals surface area contributed by atoms with Gasteiger partial charge in [-0.15, -0.1) is 0 Å². The standard InChI is InChI=1S/C8H20N2O3S/c1-3-4-8(7-13-2)10-14(11,12)6-5-9/h8,10H,3-7,9H2,1-2H3. The van der Waals surface area contributed by atoms with Crippen molar-refractivity contribution in [3.8, 4) is 0 Å². The molecule has 0 spiro atoms. The maximum Gasteiger partial charge on any atom is 0.213 e. The molecule has 1 atom stereocenters. The predicted molar refractivity (Wildman–Crippen MR) is 56.5 cm³/mol. The molecule has 0 aliphatic rings. The molecular weight excluding hydrogens is 204 g/mol. The van der Waals surface area contributed by atoms with Gasteiger partial charge in [0.1, 0.15) is 0 Å². The molecule has 0 aromatic rings. The fourth-order valence-electron chi connectivity index (χ4n) is 1.19. The first-order valence-electron chi connectivity index (χ1n) is 4.74. The average Bonchev–Trinajstić information content (AvgIpc) is 2.03. The highest BCUT2D eigenvalue weighted by atomic mass is 32.2. The van der Waals surface area contributed by atoms with Crippen molar-refractivity contribution in [3.63, 3.8) is 0 Å². The third kappa shape index (κ3) is 6.31. The third-order valence-electron chi connectivity index (χ3n) is 1.74. The Morgan fingerprint density at radius 1 is 1.50 bits per heavy atom. The molecular formula is C8H20N2O3S. The van der Waals surface area contributed by atoms with Gasteiger partial charge in [0.25, 0.3) is 0 Å². The molecule has 0 rings (SSSR count). The highest BCUT2D eigenvalue weighted by Gasteiger charge is 2.15. The van der Waals surface area contributed by atoms with E-state index in [2.05, 4.69) is 4.72 Å². The first-order chi connectivity index (χ1) is 6.55. The van der Waals surface area contributed by atoms with Crippen molar-refractivity contribution in [1.82, 2.24) is 4.72 Å². The van der Waals surface area contributed by atoms with Gasteiger partial charge in [0, 0.05) is 19.7 Å². The summed E-state index contributed by atoms with van der Waals surface area (Å²) >= 11 is 0. The van der Waals surface area contributed by atoms with Crippen LogP contribution in [0.25, 0.3) is 0 Å². The normalized spacial score (nSPS) is 14.2. The molecule has 14 heavy (non-hydrogen) atoms. The van der Waals surface area contributed by atoms with Gasteiger partial charge in [-0.25, -0.2) is 13.1 Å². The van der Waals surface area contributed by atoms with E-state index in [4.69, 9.17) is 10.5 Å². The van der Waals surface area contributed by atoms with Crippen molar-refractivity contribution in [2.45, 2.75) is 25.8 Å². The zero-order valence-electron chi connectivity index (χ0n) is 8.82. The van der Waals surface area contributed by atoms with Crippen LogP contribution in [0, 0.1) is 0 Å². The van der Waals surface area contributed by atoms with Crippen LogP contribution >= 0.6 is 0 Å². The minimum absolute atomic E-state index is 0.0308. The molecule has 0 bridgehead atoms. The second-order valence-corrected chi connectivity index (χ2v) is 5.04. The molecule has 0 saturated heterocycles. The van der Waals surface area contributed by atoms with Crippen LogP contribution in [0.15, 0.2) is 0 Å². The van der Waals surface area contributed by atoms with Crippen LogP contribution in [0.5, 0.6) is 0 Å². The third-order valence-corrected chi connectivity index (χ3v) is 3.20. The first kappa shape index (κ1) is 13.8. The van der Waals surface area contributed by atoms with E-state index in [1.165, 1.54) is 0 Å². The predicted octanol–water partition coefficient (Wildman–Crippen LogP) is -0.320. The van der Waals surface area contributed by atoms with E-state index < -0.39 is 10.0 Å². The number of methoxy groups -OCH3 is 1. The number of ether oxygens (including phenoxy) is 1. The van der Waals surface area contributed by atoms with Gasteiger partial charge in [0.15, 0.2) is 0 Å². The topological polar surface area (TPSA) is 81.4 Å². The Balaban J connectivity index is 4.13. The van der Waals surface area contributed by atoms with Crippen molar-refractivity contribution < 1.29 is 13.2 Å². The summed E-state index contributed by atoms with van der Waals surface area (Å²) in [6.45, 7) is 2.54. The van der Waals surface area contributed by atoms with Gasteiger partial charge in [-0.1, -0.05) is 13.3 Å². The van der Waals surface area contributed by atoms with E-state index >= 15 is 0 Å². The van der Waals surface area contributed by atoms with Crippen LogP contribution in [0.1, 0.15) is 19.8 Å². The summed E-state index contributed by atoms with van der Waals surface area (Å²) in [5.74, 6) is -0.0308. The van der Waals surface area contributed by atoms with Crippen LogP contribution in [0.3, 0.4) is 0 Å². The maximum atomic E-state index is 11.3. The van der Waals surface area contributed by atoms with Crippen molar-refractivity contribution >= 4 is 10.0 Å². The Morgan fingerprint density at radius 3 is 2.57 bits per heavy atom. The molecule has 0 heterocycles. The molecule has 5 nitrogen and oxygen atoms in total. The van der Waals surface area contributed by atoms with Crippen LogP contribution in [-0.4, -0.2) is 40.5 Å². The fourth-order valence-corrected chi connectivity index (χ4v) is 2.32. The SMILES string of the molecule is CCCC(COC)NS(=O)(=O)CCN. The van der Waals surface area contributed by atoms with Gasteiger partial charge in [-0.2, -0.15) is 0 Å². The van der Waals surface area contributed by atoms with Gasteiger partial charge in [0.2, 0.25) is 10.0 Å². The first-order valence-corrected chi connectivity index (χ1v) is 6.40. The molecule has 0 amide bonds. The number of sulfonamides is 1. The summed E-state index contributed by atoms with van der Waals surface area (Å²) in [7, 11) is -1.67. The number of nitrogens with two attached hydrogens (primary N) is 1. The van der Waals surface area contributed by atoms with E-state index in [-0.39, 0.29) is 18.3 Å². The zero-order valence-corrected chi connectivity index (χ0v) is 9.64. The Kier molecular flexibility index (Phi) is 7.08. The van der Waals surface area contributed by atoms with E-state index in [1.807, 2.05) is 6.92 Å². The van der Waals surface area contributed by atoms with E-state index in [1.54, 1.807) is 7.11 Å². The lowest BCUT2D eigenvalue weighted by molar-refractivity contribution is 0.171. The van der Waals surface area contributed by atoms with Gasteiger partial charge < -0.3 is 10.5 Å². The molecule has 0 fully saturated rings. The number of rotatable bonds is 8. The Bertz CT molecular complexity index is 223. The monoisotopic (exact) mass is 224 g/mol. The quantitative estimate of drug-likeness (QED) is 0.592. The van der Waals surface area contributed by atoms with Gasteiger partial charge >= 0.3 is 0 Å². The van der Waals surface area contributed by atoms with Crippen molar-refractivity contribution in [1.29, 1.82) is 0 Å². The summed E-state index contributed by atoms with van der Waals surface area (Å²) < 4.78 is 30.2. The van der Waals surface area contributed by atoms with E-state index in [0.29, 0.717) is 6.61 Å². The summed E-state index contributed by atoms with van der Waals surface area (Å²) in [4.78, 5) is 0. The molecule has 0 saturated carbocycles. The second kappa shape index (κ2) is 7.17. The Morgan fingerprint density at radius 2 is 2.14 bits per heavy atom. The minimum atomic E-state index is -3.23. The summed E-state index contributed by atoms with van der Waals surface area (Å²) in [6, 6.07) is -0.137. The summed E-state index contributed by atoms with van der Waals surface area (Å²) in [6.07, 6.45) is 1.69. The number of hydrogen-bond donors (Lipinski definition) is 2. The van der Waals surface area contributed by atoms with Crippen molar-refractivity contribution in [3.05, 3.63) is 0 Å². The summed E-state index contributed by atoms with van der Waals surface area (Å²) in [5.41, 5.74) is 5.19. The van der Waals surface area contributed by atoms with Crippen LogP contribution < -0.4 is 10.5 Å². The highest BCUT2D eigenvalue weighted by Crippen LogP contribution is 1.99. The summed E-state index contributed by atoms with van der Waals surface area (Å²) in [5, 5.41) is 0. The lowest BCUT2D eigenvalue weighted by Gasteiger charge is -2.16. The van der Waals surface area contributed by atoms with Crippen LogP contribution in [0.4, 0.5) is 0 Å². The molecule has 0 aromatic carbocycles. The lowest BCUT2D eigenvalue weighted by atomic mass is 10.2. The highest BCUT2D eigenvalue weighted by molar-refractivity contribution is 7.89. The smallest absolute Gasteiger partial charge is 0.213 e. The number of nitrogens with one attached hydrogen (secondary N) is 1. The maximum absolute atomic E-state index is 11.3.